The maximum Gasteiger partial charge on any atom is 0.264 e. The highest BCUT2D eigenvalue weighted by atomic mass is 32.2. The monoisotopic (exact) mass is 542 g/mol. The SMILES string of the molecule is COc1ccc(C(C)NC(=O)CN(c2cc(C)cc(C)c2)S(=O)(=O)c2ccc(OC)c(OC)c2)cc1OC. The lowest BCUT2D eigenvalue weighted by Crippen LogP contribution is -2.41. The zero-order chi connectivity index (χ0) is 28.0. The van der Waals surface area contributed by atoms with Gasteiger partial charge in [0.1, 0.15) is 6.54 Å². The predicted octanol–water partition coefficient (Wildman–Crippen LogP) is 4.41. The third kappa shape index (κ3) is 6.31. The van der Waals surface area contributed by atoms with E-state index in [4.69, 9.17) is 18.9 Å². The molecule has 0 bridgehead atoms. The molecule has 0 heterocycles. The summed E-state index contributed by atoms with van der Waals surface area (Å²) in [5.74, 6) is 1.28. The first-order valence-electron chi connectivity index (χ1n) is 11.9. The topological polar surface area (TPSA) is 103 Å². The molecule has 204 valence electrons. The average molecular weight is 543 g/mol. The molecular formula is C28H34N2O7S. The Kier molecular flexibility index (Phi) is 9.11. The summed E-state index contributed by atoms with van der Waals surface area (Å²) in [6.07, 6.45) is 0. The fourth-order valence-electron chi connectivity index (χ4n) is 4.14. The lowest BCUT2D eigenvalue weighted by Gasteiger charge is -2.26. The first kappa shape index (κ1) is 28.6. The van der Waals surface area contributed by atoms with Crippen molar-refractivity contribution in [3.05, 3.63) is 71.3 Å². The first-order valence-corrected chi connectivity index (χ1v) is 13.3. The van der Waals surface area contributed by atoms with Crippen molar-refractivity contribution in [3.63, 3.8) is 0 Å². The molecule has 0 aliphatic rings. The summed E-state index contributed by atoms with van der Waals surface area (Å²) in [4.78, 5) is 13.2. The zero-order valence-corrected chi connectivity index (χ0v) is 23.5. The molecule has 1 N–H and O–H groups in total. The molecule has 0 radical (unpaired) electrons. The number of nitrogens with one attached hydrogen (secondary N) is 1. The molecule has 3 aromatic rings. The van der Waals surface area contributed by atoms with E-state index in [2.05, 4.69) is 5.32 Å². The highest BCUT2D eigenvalue weighted by Gasteiger charge is 2.29. The summed E-state index contributed by atoms with van der Waals surface area (Å²) < 4.78 is 50.1. The Balaban J connectivity index is 1.96. The largest absolute Gasteiger partial charge is 0.493 e. The van der Waals surface area contributed by atoms with Crippen LogP contribution in [0.25, 0.3) is 0 Å². The number of ether oxygens (including phenoxy) is 4. The van der Waals surface area contributed by atoms with Gasteiger partial charge in [0.2, 0.25) is 5.91 Å². The minimum atomic E-state index is -4.16. The minimum absolute atomic E-state index is 0.0324. The van der Waals surface area contributed by atoms with Gasteiger partial charge in [-0.25, -0.2) is 8.42 Å². The Bertz CT molecular complexity index is 1390. The van der Waals surface area contributed by atoms with Gasteiger partial charge in [0.05, 0.1) is 45.1 Å². The molecule has 10 heteroatoms. The summed E-state index contributed by atoms with van der Waals surface area (Å²) in [6.45, 7) is 5.12. The number of aryl methyl sites for hydroxylation is 2. The van der Waals surface area contributed by atoms with Crippen molar-refractivity contribution in [1.29, 1.82) is 0 Å². The van der Waals surface area contributed by atoms with Crippen molar-refractivity contribution >= 4 is 21.6 Å². The van der Waals surface area contributed by atoms with Gasteiger partial charge in [0.25, 0.3) is 10.0 Å². The van der Waals surface area contributed by atoms with Crippen LogP contribution in [0.4, 0.5) is 5.69 Å². The summed E-state index contributed by atoms with van der Waals surface area (Å²) in [5, 5.41) is 2.89. The summed E-state index contributed by atoms with van der Waals surface area (Å²) >= 11 is 0. The number of hydrogen-bond donors (Lipinski definition) is 1. The van der Waals surface area contributed by atoms with Crippen LogP contribution in [0.2, 0.25) is 0 Å². The van der Waals surface area contributed by atoms with Crippen LogP contribution >= 0.6 is 0 Å². The summed E-state index contributed by atoms with van der Waals surface area (Å²) in [7, 11) is 1.82. The molecule has 1 unspecified atom stereocenters. The second-order valence-corrected chi connectivity index (χ2v) is 10.6. The number of sulfonamides is 1. The smallest absolute Gasteiger partial charge is 0.264 e. The molecule has 3 rings (SSSR count). The highest BCUT2D eigenvalue weighted by molar-refractivity contribution is 7.92. The first-order chi connectivity index (χ1) is 18.0. The van der Waals surface area contributed by atoms with Gasteiger partial charge in [0, 0.05) is 6.07 Å². The average Bonchev–Trinajstić information content (AvgIpc) is 2.89. The Morgan fingerprint density at radius 2 is 1.32 bits per heavy atom. The molecule has 3 aromatic carbocycles. The second-order valence-electron chi connectivity index (χ2n) is 8.78. The quantitative estimate of drug-likeness (QED) is 0.383. The Morgan fingerprint density at radius 3 is 1.87 bits per heavy atom. The molecule has 1 amide bonds. The summed E-state index contributed by atoms with van der Waals surface area (Å²) in [5.41, 5.74) is 2.89. The number of methoxy groups -OCH3 is 4. The van der Waals surface area contributed by atoms with E-state index >= 15 is 0 Å². The fraction of sp³-hybridized carbons (Fsp3) is 0.321. The van der Waals surface area contributed by atoms with E-state index in [0.717, 1.165) is 21.0 Å². The number of hydrogen-bond acceptors (Lipinski definition) is 7. The standard InChI is InChI=1S/C28H34N2O7S/c1-18-12-19(2)14-22(13-18)30(38(32,33)23-9-11-25(35-5)27(16-23)37-7)17-28(31)29-20(3)21-8-10-24(34-4)26(15-21)36-6/h8-16,20H,17H2,1-7H3,(H,29,31). The van der Waals surface area contributed by atoms with Gasteiger partial charge >= 0.3 is 0 Å². The molecule has 9 nitrogen and oxygen atoms in total. The molecule has 1 atom stereocenters. The molecule has 0 aliphatic carbocycles. The number of carbonyl (C=O) groups excluding carboxylic acids is 1. The van der Waals surface area contributed by atoms with E-state index in [1.807, 2.05) is 32.9 Å². The van der Waals surface area contributed by atoms with Gasteiger partial charge in [-0.1, -0.05) is 12.1 Å². The minimum Gasteiger partial charge on any atom is -0.493 e. The van der Waals surface area contributed by atoms with Gasteiger partial charge < -0.3 is 24.3 Å². The van der Waals surface area contributed by atoms with Crippen LogP contribution in [-0.2, 0) is 14.8 Å². The van der Waals surface area contributed by atoms with Crippen molar-refractivity contribution in [2.24, 2.45) is 0 Å². The van der Waals surface area contributed by atoms with Crippen molar-refractivity contribution in [3.8, 4) is 23.0 Å². The van der Waals surface area contributed by atoms with Gasteiger partial charge in [0.15, 0.2) is 23.0 Å². The van der Waals surface area contributed by atoms with Crippen molar-refractivity contribution in [2.45, 2.75) is 31.7 Å². The summed E-state index contributed by atoms with van der Waals surface area (Å²) in [6, 6.07) is 14.6. The van der Waals surface area contributed by atoms with Gasteiger partial charge in [-0.2, -0.15) is 0 Å². The lowest BCUT2D eigenvalue weighted by atomic mass is 10.1. The predicted molar refractivity (Wildman–Crippen MR) is 146 cm³/mol. The van der Waals surface area contributed by atoms with Crippen LogP contribution in [-0.4, -0.2) is 49.3 Å². The second kappa shape index (κ2) is 12.1. The van der Waals surface area contributed by atoms with Crippen LogP contribution in [0.15, 0.2) is 59.5 Å². The van der Waals surface area contributed by atoms with Crippen LogP contribution in [0, 0.1) is 13.8 Å². The van der Waals surface area contributed by atoms with Gasteiger partial charge in [-0.05, 0) is 73.9 Å². The number of nitrogens with zero attached hydrogens (tertiary/aromatic N) is 1. The van der Waals surface area contributed by atoms with E-state index < -0.39 is 28.5 Å². The molecular weight excluding hydrogens is 508 g/mol. The molecule has 0 saturated heterocycles. The zero-order valence-electron chi connectivity index (χ0n) is 22.7. The van der Waals surface area contributed by atoms with Crippen LogP contribution in [0.5, 0.6) is 23.0 Å². The fourth-order valence-corrected chi connectivity index (χ4v) is 5.56. The highest BCUT2D eigenvalue weighted by Crippen LogP contribution is 2.33. The number of carbonyl (C=O) groups is 1. The van der Waals surface area contributed by atoms with Gasteiger partial charge in [-0.3, -0.25) is 9.10 Å². The van der Waals surface area contributed by atoms with Gasteiger partial charge in [-0.15, -0.1) is 0 Å². The van der Waals surface area contributed by atoms with Crippen molar-refractivity contribution < 1.29 is 32.2 Å². The molecule has 0 saturated carbocycles. The van der Waals surface area contributed by atoms with Crippen LogP contribution in [0.3, 0.4) is 0 Å². The maximum atomic E-state index is 13.9. The number of anilines is 1. The van der Waals surface area contributed by atoms with E-state index in [0.29, 0.717) is 22.9 Å². The van der Waals surface area contributed by atoms with Crippen molar-refractivity contribution in [2.75, 3.05) is 39.3 Å². The number of amides is 1. The Hall–Kier alpha value is -3.92. The van der Waals surface area contributed by atoms with Crippen LogP contribution in [0.1, 0.15) is 29.7 Å². The third-order valence-electron chi connectivity index (χ3n) is 6.01. The van der Waals surface area contributed by atoms with E-state index in [9.17, 15) is 13.2 Å². The molecule has 38 heavy (non-hydrogen) atoms. The molecule has 0 fully saturated rings. The molecule has 0 aromatic heterocycles. The maximum absolute atomic E-state index is 13.9. The molecule has 0 aliphatic heterocycles. The van der Waals surface area contributed by atoms with E-state index in [-0.39, 0.29) is 10.6 Å². The normalized spacial score (nSPS) is 11.9. The number of benzene rings is 3. The Labute approximate surface area is 224 Å². The van der Waals surface area contributed by atoms with Crippen molar-refractivity contribution in [1.82, 2.24) is 5.32 Å². The molecule has 0 spiro atoms. The lowest BCUT2D eigenvalue weighted by molar-refractivity contribution is -0.120. The van der Waals surface area contributed by atoms with Crippen LogP contribution < -0.4 is 28.6 Å². The third-order valence-corrected chi connectivity index (χ3v) is 7.78. The van der Waals surface area contributed by atoms with E-state index in [1.54, 1.807) is 31.4 Å². The number of rotatable bonds is 11. The van der Waals surface area contributed by atoms with E-state index in [1.165, 1.54) is 39.5 Å². The Morgan fingerprint density at radius 1 is 0.789 bits per heavy atom.